The van der Waals surface area contributed by atoms with Gasteiger partial charge in [0.2, 0.25) is 0 Å². The Kier molecular flexibility index (Phi) is 5.04. The van der Waals surface area contributed by atoms with E-state index in [-0.39, 0.29) is 11.9 Å². The lowest BCUT2D eigenvalue weighted by Crippen LogP contribution is -2.62. The molecule has 3 saturated heterocycles. The van der Waals surface area contributed by atoms with Crippen molar-refractivity contribution in [3.8, 4) is 0 Å². The maximum atomic E-state index is 12.6. The van der Waals surface area contributed by atoms with Gasteiger partial charge in [-0.1, -0.05) is 29.4 Å². The first kappa shape index (κ1) is 17.3. The Balaban J connectivity index is 1.42. The van der Waals surface area contributed by atoms with Crippen LogP contribution in [0.2, 0.25) is 5.02 Å². The van der Waals surface area contributed by atoms with Gasteiger partial charge in [0, 0.05) is 22.0 Å². The fourth-order valence-corrected chi connectivity index (χ4v) is 5.99. The van der Waals surface area contributed by atoms with Gasteiger partial charge in [-0.25, -0.2) is 4.98 Å². The maximum Gasteiger partial charge on any atom is 0.280 e. The number of hydrogen-bond donors (Lipinski definition) is 1. The molecule has 5 rings (SSSR count). The molecule has 2 unspecified atom stereocenters. The van der Waals surface area contributed by atoms with Crippen LogP contribution < -0.4 is 5.32 Å². The Morgan fingerprint density at radius 2 is 2.20 bits per heavy atom. The van der Waals surface area contributed by atoms with E-state index in [1.54, 1.807) is 18.0 Å². The summed E-state index contributed by atoms with van der Waals surface area (Å²) >= 11 is 9.04. The number of carbonyl (C=O) groups is 1. The predicted molar refractivity (Wildman–Crippen MR) is 103 cm³/mol. The van der Waals surface area contributed by atoms with Crippen LogP contribution in [0.1, 0.15) is 29.6 Å². The SMILES string of the molecule is CC1C(NC(=O)c2ncc(Sc3cccc(Cl)c3)s2)C2CCN1CC2. The van der Waals surface area contributed by atoms with Crippen LogP contribution in [0.3, 0.4) is 0 Å². The Labute approximate surface area is 161 Å². The van der Waals surface area contributed by atoms with Gasteiger partial charge in [0.15, 0.2) is 5.01 Å². The molecule has 0 saturated carbocycles. The fourth-order valence-electron chi connectivity index (χ4n) is 3.82. The first-order chi connectivity index (χ1) is 12.1. The number of rotatable bonds is 4. The lowest BCUT2D eigenvalue weighted by molar-refractivity contribution is 0.0217. The molecule has 1 aromatic carbocycles. The molecule has 0 radical (unpaired) electrons. The Morgan fingerprint density at radius 3 is 2.92 bits per heavy atom. The van der Waals surface area contributed by atoms with Crippen molar-refractivity contribution in [2.75, 3.05) is 13.1 Å². The molecule has 2 bridgehead atoms. The molecule has 3 aliphatic rings. The number of amides is 1. The molecule has 4 heterocycles. The number of halogens is 1. The number of benzene rings is 1. The zero-order valence-corrected chi connectivity index (χ0v) is 16.3. The third-order valence-electron chi connectivity index (χ3n) is 5.17. The number of nitrogens with one attached hydrogen (secondary N) is 1. The highest BCUT2D eigenvalue weighted by Gasteiger charge is 2.40. The minimum absolute atomic E-state index is 0.0476. The van der Waals surface area contributed by atoms with Crippen LogP contribution in [-0.4, -0.2) is 41.0 Å². The zero-order valence-electron chi connectivity index (χ0n) is 13.9. The minimum atomic E-state index is -0.0476. The van der Waals surface area contributed by atoms with Gasteiger partial charge in [-0.15, -0.1) is 11.3 Å². The number of carbonyl (C=O) groups excluding carboxylic acids is 1. The Bertz CT molecular complexity index is 771. The van der Waals surface area contributed by atoms with E-state index in [0.717, 1.165) is 22.2 Å². The highest BCUT2D eigenvalue weighted by atomic mass is 35.5. The molecule has 1 N–H and O–H groups in total. The molecule has 7 heteroatoms. The second-order valence-corrected chi connectivity index (χ2v) is 9.50. The van der Waals surface area contributed by atoms with Gasteiger partial charge in [-0.2, -0.15) is 0 Å². The first-order valence-electron chi connectivity index (χ1n) is 8.54. The highest BCUT2D eigenvalue weighted by molar-refractivity contribution is 8.01. The second kappa shape index (κ2) is 7.27. The molecule has 2 aromatic rings. The van der Waals surface area contributed by atoms with Gasteiger partial charge in [-0.3, -0.25) is 9.69 Å². The lowest BCUT2D eigenvalue weighted by Gasteiger charge is -2.49. The van der Waals surface area contributed by atoms with Gasteiger partial charge in [0.05, 0.1) is 10.4 Å². The molecular weight excluding hydrogens is 374 g/mol. The van der Waals surface area contributed by atoms with Crippen LogP contribution in [0.15, 0.2) is 39.6 Å². The van der Waals surface area contributed by atoms with Crippen molar-refractivity contribution in [2.24, 2.45) is 5.92 Å². The van der Waals surface area contributed by atoms with E-state index in [9.17, 15) is 4.79 Å². The van der Waals surface area contributed by atoms with Crippen molar-refractivity contribution in [3.05, 3.63) is 40.5 Å². The molecule has 0 aliphatic carbocycles. The Hall–Kier alpha value is -1.08. The standard InChI is InChI=1S/C18H20ClN3OS2/c1-11-16(12-5-7-22(11)8-6-12)21-17(23)18-20-10-15(25-18)24-14-4-2-3-13(19)9-14/h2-4,9-12,16H,5-8H2,1H3,(H,21,23). The number of nitrogens with zero attached hydrogens (tertiary/aromatic N) is 2. The number of aromatic nitrogens is 1. The van der Waals surface area contributed by atoms with Crippen molar-refractivity contribution in [1.29, 1.82) is 0 Å². The van der Waals surface area contributed by atoms with Gasteiger partial charge in [-0.05, 0) is 57.0 Å². The molecule has 2 atom stereocenters. The summed E-state index contributed by atoms with van der Waals surface area (Å²) in [5.74, 6) is 0.553. The summed E-state index contributed by atoms with van der Waals surface area (Å²) in [5, 5.41) is 4.49. The number of piperidine rings is 3. The first-order valence-corrected chi connectivity index (χ1v) is 10.6. The van der Waals surface area contributed by atoms with E-state index in [4.69, 9.17) is 11.6 Å². The lowest BCUT2D eigenvalue weighted by atomic mass is 9.79. The normalized spacial score (nSPS) is 28.1. The van der Waals surface area contributed by atoms with Crippen LogP contribution in [0.25, 0.3) is 0 Å². The average Bonchev–Trinajstić information content (AvgIpc) is 3.07. The van der Waals surface area contributed by atoms with Gasteiger partial charge >= 0.3 is 0 Å². The molecule has 4 nitrogen and oxygen atoms in total. The third-order valence-corrected chi connectivity index (χ3v) is 7.49. The van der Waals surface area contributed by atoms with Crippen molar-refractivity contribution in [3.63, 3.8) is 0 Å². The number of hydrogen-bond acceptors (Lipinski definition) is 5. The monoisotopic (exact) mass is 393 g/mol. The molecule has 3 fully saturated rings. The van der Waals surface area contributed by atoms with Crippen molar-refractivity contribution in [1.82, 2.24) is 15.2 Å². The molecule has 132 valence electrons. The molecule has 25 heavy (non-hydrogen) atoms. The quantitative estimate of drug-likeness (QED) is 0.847. The molecular formula is C18H20ClN3OS2. The zero-order chi connectivity index (χ0) is 17.4. The highest BCUT2D eigenvalue weighted by Crippen LogP contribution is 2.34. The summed E-state index contributed by atoms with van der Waals surface area (Å²) in [6.07, 6.45) is 4.14. The van der Waals surface area contributed by atoms with E-state index in [1.165, 1.54) is 24.2 Å². The fraction of sp³-hybridized carbons (Fsp3) is 0.444. The third kappa shape index (κ3) is 3.72. The summed E-state index contributed by atoms with van der Waals surface area (Å²) in [4.78, 5) is 20.5. The maximum absolute atomic E-state index is 12.6. The number of fused-ring (bicyclic) bond motifs is 3. The Morgan fingerprint density at radius 1 is 1.40 bits per heavy atom. The summed E-state index contributed by atoms with van der Waals surface area (Å²) in [6.45, 7) is 4.55. The van der Waals surface area contributed by atoms with Crippen LogP contribution in [0.4, 0.5) is 0 Å². The summed E-state index contributed by atoms with van der Waals surface area (Å²) in [5.41, 5.74) is 0. The molecule has 1 amide bonds. The van der Waals surface area contributed by atoms with E-state index in [0.29, 0.717) is 22.0 Å². The second-order valence-electron chi connectivity index (χ2n) is 6.66. The molecule has 1 aromatic heterocycles. The summed E-state index contributed by atoms with van der Waals surface area (Å²) in [7, 11) is 0. The smallest absolute Gasteiger partial charge is 0.280 e. The van der Waals surface area contributed by atoms with Crippen molar-refractivity contribution in [2.45, 2.75) is 41.0 Å². The van der Waals surface area contributed by atoms with E-state index < -0.39 is 0 Å². The minimum Gasteiger partial charge on any atom is -0.345 e. The van der Waals surface area contributed by atoms with Crippen LogP contribution in [0.5, 0.6) is 0 Å². The average molecular weight is 394 g/mol. The molecule has 3 aliphatic heterocycles. The van der Waals surface area contributed by atoms with Gasteiger partial charge in [0.25, 0.3) is 5.91 Å². The van der Waals surface area contributed by atoms with Crippen molar-refractivity contribution >= 4 is 40.6 Å². The van der Waals surface area contributed by atoms with Crippen molar-refractivity contribution < 1.29 is 4.79 Å². The topological polar surface area (TPSA) is 45.2 Å². The predicted octanol–water partition coefficient (Wildman–Crippen LogP) is 4.16. The van der Waals surface area contributed by atoms with E-state index >= 15 is 0 Å². The van der Waals surface area contributed by atoms with Gasteiger partial charge in [0.1, 0.15) is 0 Å². The van der Waals surface area contributed by atoms with Crippen LogP contribution in [-0.2, 0) is 0 Å². The van der Waals surface area contributed by atoms with E-state index in [1.807, 2.05) is 24.3 Å². The summed E-state index contributed by atoms with van der Waals surface area (Å²) in [6, 6.07) is 8.35. The van der Waals surface area contributed by atoms with Crippen LogP contribution >= 0.6 is 34.7 Å². The molecule has 0 spiro atoms. The van der Waals surface area contributed by atoms with Gasteiger partial charge < -0.3 is 5.32 Å². The van der Waals surface area contributed by atoms with Crippen LogP contribution in [0, 0.1) is 5.92 Å². The summed E-state index contributed by atoms with van der Waals surface area (Å²) < 4.78 is 0.995. The van der Waals surface area contributed by atoms with E-state index in [2.05, 4.69) is 22.1 Å². The largest absolute Gasteiger partial charge is 0.345 e. The number of thiazole rings is 1.